The lowest BCUT2D eigenvalue weighted by molar-refractivity contribution is -0.119. The van der Waals surface area contributed by atoms with Crippen LogP contribution in [0.3, 0.4) is 0 Å². The summed E-state index contributed by atoms with van der Waals surface area (Å²) in [6.07, 6.45) is 0. The number of amides is 1. The molecule has 0 spiro atoms. The molecule has 0 fully saturated rings. The van der Waals surface area contributed by atoms with Crippen LogP contribution < -0.4 is 5.32 Å². The number of rotatable bonds is 5. The zero-order chi connectivity index (χ0) is 21.1. The second kappa shape index (κ2) is 8.42. The molecule has 2 aromatic heterocycles. The van der Waals surface area contributed by atoms with Gasteiger partial charge in [0.25, 0.3) is 5.91 Å². The van der Waals surface area contributed by atoms with Crippen molar-refractivity contribution in [3.63, 3.8) is 0 Å². The molecular formula is C23H19N3O3S. The van der Waals surface area contributed by atoms with Crippen molar-refractivity contribution in [1.29, 1.82) is 0 Å². The van der Waals surface area contributed by atoms with Crippen molar-refractivity contribution in [3.8, 4) is 11.3 Å². The number of para-hydroxylation sites is 1. The van der Waals surface area contributed by atoms with Gasteiger partial charge >= 0.3 is 5.97 Å². The van der Waals surface area contributed by atoms with Crippen LogP contribution in [0.15, 0.2) is 60.0 Å². The fourth-order valence-corrected chi connectivity index (χ4v) is 3.73. The number of pyridine rings is 1. The lowest BCUT2D eigenvalue weighted by Gasteiger charge is -2.05. The Morgan fingerprint density at radius 3 is 2.73 bits per heavy atom. The van der Waals surface area contributed by atoms with E-state index in [-0.39, 0.29) is 5.69 Å². The van der Waals surface area contributed by atoms with E-state index in [0.29, 0.717) is 10.6 Å². The summed E-state index contributed by atoms with van der Waals surface area (Å²) in [6.45, 7) is 3.63. The number of aryl methyl sites for hydroxylation is 2. The lowest BCUT2D eigenvalue weighted by Crippen LogP contribution is -2.21. The lowest BCUT2D eigenvalue weighted by atomic mass is 10.0. The Hall–Kier alpha value is -3.58. The summed E-state index contributed by atoms with van der Waals surface area (Å²) in [5.74, 6) is -1.10. The first kappa shape index (κ1) is 19.7. The molecule has 4 aromatic rings. The molecule has 0 saturated heterocycles. The summed E-state index contributed by atoms with van der Waals surface area (Å²) in [5.41, 5.74) is 4.93. The Morgan fingerprint density at radius 1 is 1.03 bits per heavy atom. The molecule has 0 aliphatic rings. The smallest absolute Gasteiger partial charge is 0.357 e. The molecule has 0 bridgehead atoms. The molecular weight excluding hydrogens is 398 g/mol. The molecule has 0 radical (unpaired) electrons. The van der Waals surface area contributed by atoms with Crippen molar-refractivity contribution in [2.24, 2.45) is 0 Å². The average Bonchev–Trinajstić information content (AvgIpc) is 3.21. The highest BCUT2D eigenvalue weighted by Crippen LogP contribution is 2.28. The van der Waals surface area contributed by atoms with Crippen molar-refractivity contribution < 1.29 is 14.3 Å². The molecule has 1 N–H and O–H groups in total. The van der Waals surface area contributed by atoms with Gasteiger partial charge in [-0.2, -0.15) is 0 Å². The molecule has 0 unspecified atom stereocenters. The third-order valence-electron chi connectivity index (χ3n) is 4.56. The summed E-state index contributed by atoms with van der Waals surface area (Å²) in [7, 11) is 0. The fraction of sp³-hybridized carbons (Fsp3) is 0.130. The van der Waals surface area contributed by atoms with Gasteiger partial charge in [-0.25, -0.2) is 14.8 Å². The van der Waals surface area contributed by atoms with Gasteiger partial charge in [0, 0.05) is 16.3 Å². The van der Waals surface area contributed by atoms with Crippen molar-refractivity contribution in [2.45, 2.75) is 13.8 Å². The van der Waals surface area contributed by atoms with Crippen molar-refractivity contribution in [1.82, 2.24) is 9.97 Å². The first-order valence-electron chi connectivity index (χ1n) is 9.35. The van der Waals surface area contributed by atoms with E-state index in [0.717, 1.165) is 27.8 Å². The maximum absolute atomic E-state index is 12.2. The number of nitrogens with one attached hydrogen (secondary N) is 1. The number of esters is 1. The molecule has 6 nitrogen and oxygen atoms in total. The highest BCUT2D eigenvalue weighted by Gasteiger charge is 2.14. The van der Waals surface area contributed by atoms with E-state index >= 15 is 0 Å². The number of nitrogens with zero attached hydrogens (tertiary/aromatic N) is 2. The standard InChI is InChI=1S/C23H19N3O3S/c1-14-7-8-15(2)17(11-14)20-13-30-23(25-20)26-21(27)12-29-22(28)19-10-9-16-5-3-4-6-18(16)24-19/h3-11,13H,12H2,1-2H3,(H,25,26,27). The molecule has 30 heavy (non-hydrogen) atoms. The summed E-state index contributed by atoms with van der Waals surface area (Å²) < 4.78 is 5.10. The van der Waals surface area contributed by atoms with Gasteiger partial charge in [-0.3, -0.25) is 10.1 Å². The number of aromatic nitrogens is 2. The van der Waals surface area contributed by atoms with Crippen LogP contribution in [-0.2, 0) is 9.53 Å². The molecule has 2 aromatic carbocycles. The summed E-state index contributed by atoms with van der Waals surface area (Å²) >= 11 is 1.32. The van der Waals surface area contributed by atoms with Gasteiger partial charge in [0.2, 0.25) is 0 Å². The Morgan fingerprint density at radius 2 is 1.87 bits per heavy atom. The predicted molar refractivity (Wildman–Crippen MR) is 118 cm³/mol. The largest absolute Gasteiger partial charge is 0.451 e. The van der Waals surface area contributed by atoms with Gasteiger partial charge in [-0.15, -0.1) is 11.3 Å². The van der Waals surface area contributed by atoms with Gasteiger partial charge in [0.05, 0.1) is 11.2 Å². The zero-order valence-electron chi connectivity index (χ0n) is 16.5. The molecule has 4 rings (SSSR count). The minimum absolute atomic E-state index is 0.160. The van der Waals surface area contributed by atoms with E-state index < -0.39 is 18.5 Å². The first-order valence-corrected chi connectivity index (χ1v) is 10.2. The van der Waals surface area contributed by atoms with Gasteiger partial charge < -0.3 is 4.74 Å². The van der Waals surface area contributed by atoms with Gasteiger partial charge in [-0.1, -0.05) is 42.0 Å². The van der Waals surface area contributed by atoms with Crippen LogP contribution in [0, 0.1) is 13.8 Å². The second-order valence-corrected chi connectivity index (χ2v) is 7.73. The van der Waals surface area contributed by atoms with E-state index in [4.69, 9.17) is 4.74 Å². The number of thiazole rings is 1. The van der Waals surface area contributed by atoms with Crippen molar-refractivity contribution in [2.75, 3.05) is 11.9 Å². The van der Waals surface area contributed by atoms with Gasteiger partial charge in [0.15, 0.2) is 11.7 Å². The van der Waals surface area contributed by atoms with E-state index in [1.807, 2.05) is 55.6 Å². The molecule has 150 valence electrons. The molecule has 0 atom stereocenters. The number of hydrogen-bond donors (Lipinski definition) is 1. The van der Waals surface area contributed by atoms with E-state index in [2.05, 4.69) is 21.4 Å². The third-order valence-corrected chi connectivity index (χ3v) is 5.32. The maximum Gasteiger partial charge on any atom is 0.357 e. The summed E-state index contributed by atoms with van der Waals surface area (Å²) in [5, 5.41) is 5.95. The number of hydrogen-bond acceptors (Lipinski definition) is 6. The Balaban J connectivity index is 1.37. The van der Waals surface area contributed by atoms with E-state index in [9.17, 15) is 9.59 Å². The Kier molecular flexibility index (Phi) is 5.54. The zero-order valence-corrected chi connectivity index (χ0v) is 17.3. The third kappa shape index (κ3) is 4.36. The number of carbonyl (C=O) groups is 2. The Bertz CT molecular complexity index is 1250. The molecule has 2 heterocycles. The van der Waals surface area contributed by atoms with E-state index in [1.165, 1.54) is 11.3 Å². The van der Waals surface area contributed by atoms with Crippen LogP contribution in [0.5, 0.6) is 0 Å². The summed E-state index contributed by atoms with van der Waals surface area (Å²) in [4.78, 5) is 33.2. The number of ether oxygens (including phenoxy) is 1. The first-order chi connectivity index (χ1) is 14.5. The molecule has 1 amide bonds. The van der Waals surface area contributed by atoms with E-state index in [1.54, 1.807) is 12.1 Å². The minimum atomic E-state index is -0.647. The normalized spacial score (nSPS) is 10.7. The number of fused-ring (bicyclic) bond motifs is 1. The molecule has 7 heteroatoms. The van der Waals surface area contributed by atoms with Crippen molar-refractivity contribution in [3.05, 3.63) is 76.8 Å². The van der Waals surface area contributed by atoms with Gasteiger partial charge in [0.1, 0.15) is 5.69 Å². The number of carbonyl (C=O) groups excluding carboxylic acids is 2. The van der Waals surface area contributed by atoms with Crippen LogP contribution in [0.1, 0.15) is 21.6 Å². The highest BCUT2D eigenvalue weighted by molar-refractivity contribution is 7.14. The van der Waals surface area contributed by atoms with Gasteiger partial charge in [-0.05, 0) is 37.6 Å². The van der Waals surface area contributed by atoms with Crippen LogP contribution in [-0.4, -0.2) is 28.5 Å². The topological polar surface area (TPSA) is 81.2 Å². The van der Waals surface area contributed by atoms with Crippen molar-refractivity contribution >= 4 is 39.2 Å². The monoisotopic (exact) mass is 417 g/mol. The molecule has 0 aliphatic carbocycles. The van der Waals surface area contributed by atoms with Crippen LogP contribution in [0.2, 0.25) is 0 Å². The maximum atomic E-state index is 12.2. The SMILES string of the molecule is Cc1ccc(C)c(-c2csc(NC(=O)COC(=O)c3ccc4ccccc4n3)n2)c1. The number of anilines is 1. The quantitative estimate of drug-likeness (QED) is 0.473. The second-order valence-electron chi connectivity index (χ2n) is 6.87. The minimum Gasteiger partial charge on any atom is -0.451 e. The van der Waals surface area contributed by atoms with Crippen LogP contribution >= 0.6 is 11.3 Å². The predicted octanol–water partition coefficient (Wildman–Crippen LogP) is 4.77. The molecule has 0 saturated carbocycles. The fourth-order valence-electron chi connectivity index (χ4n) is 3.01. The Labute approximate surface area is 177 Å². The number of benzene rings is 2. The highest BCUT2D eigenvalue weighted by atomic mass is 32.1. The van der Waals surface area contributed by atoms with Crippen LogP contribution in [0.25, 0.3) is 22.2 Å². The van der Waals surface area contributed by atoms with Crippen LogP contribution in [0.4, 0.5) is 5.13 Å². The average molecular weight is 417 g/mol. The molecule has 0 aliphatic heterocycles. The summed E-state index contributed by atoms with van der Waals surface area (Å²) in [6, 6.07) is 17.0.